The maximum Gasteiger partial charge on any atom is 0.251 e. The van der Waals surface area contributed by atoms with Crippen LogP contribution in [0.4, 0.5) is 10.2 Å². The summed E-state index contributed by atoms with van der Waals surface area (Å²) in [6.07, 6.45) is 1.55. The lowest BCUT2D eigenvalue weighted by Crippen LogP contribution is -2.35. The first-order chi connectivity index (χ1) is 14.8. The van der Waals surface area contributed by atoms with Crippen molar-refractivity contribution in [2.75, 3.05) is 11.9 Å². The quantitative estimate of drug-likeness (QED) is 0.441. The highest BCUT2D eigenvalue weighted by Crippen LogP contribution is 2.23. The molecule has 0 fully saturated rings. The van der Waals surface area contributed by atoms with Crippen LogP contribution in [-0.2, 0) is 0 Å². The van der Waals surface area contributed by atoms with Crippen LogP contribution in [0.2, 0.25) is 0 Å². The van der Waals surface area contributed by atoms with E-state index in [2.05, 4.69) is 15.6 Å². The average molecular weight is 426 g/mol. The number of aromatic nitrogens is 1. The van der Waals surface area contributed by atoms with Crippen LogP contribution in [0.3, 0.4) is 0 Å². The van der Waals surface area contributed by atoms with Crippen LogP contribution in [0.15, 0.2) is 48.7 Å². The van der Waals surface area contributed by atoms with Gasteiger partial charge in [0, 0.05) is 17.1 Å². The summed E-state index contributed by atoms with van der Waals surface area (Å²) in [5, 5.41) is 27.2. The SMILES string of the molecule is CC[C@@H](CO)Nc1cc2cc(C(=O)N[C@@H](c3ccc(C)c(F)c3)C(C)O)ccc2cn1. The first kappa shape index (κ1) is 22.7. The molecule has 0 spiro atoms. The molecule has 1 aromatic heterocycles. The first-order valence-corrected chi connectivity index (χ1v) is 10.3. The van der Waals surface area contributed by atoms with Gasteiger partial charge in [0.1, 0.15) is 11.6 Å². The Morgan fingerprint density at radius 3 is 2.58 bits per heavy atom. The van der Waals surface area contributed by atoms with Gasteiger partial charge in [-0.2, -0.15) is 0 Å². The molecule has 0 radical (unpaired) electrons. The summed E-state index contributed by atoms with van der Waals surface area (Å²) >= 11 is 0. The molecule has 4 N–H and O–H groups in total. The Balaban J connectivity index is 1.85. The summed E-state index contributed by atoms with van der Waals surface area (Å²) in [4.78, 5) is 17.3. The molecule has 0 bridgehead atoms. The summed E-state index contributed by atoms with van der Waals surface area (Å²) in [6, 6.07) is 10.9. The van der Waals surface area contributed by atoms with E-state index in [0.29, 0.717) is 22.5 Å². The fourth-order valence-electron chi connectivity index (χ4n) is 3.36. The smallest absolute Gasteiger partial charge is 0.251 e. The molecule has 3 aromatic rings. The van der Waals surface area contributed by atoms with Gasteiger partial charge in [-0.25, -0.2) is 9.37 Å². The summed E-state index contributed by atoms with van der Waals surface area (Å²) in [5.74, 6) is -0.145. The molecule has 6 nitrogen and oxygen atoms in total. The van der Waals surface area contributed by atoms with E-state index in [4.69, 9.17) is 0 Å². The Labute approximate surface area is 181 Å². The highest BCUT2D eigenvalue weighted by Gasteiger charge is 2.21. The highest BCUT2D eigenvalue weighted by atomic mass is 19.1. The zero-order valence-corrected chi connectivity index (χ0v) is 17.9. The second kappa shape index (κ2) is 9.85. The van der Waals surface area contributed by atoms with Crippen molar-refractivity contribution in [3.63, 3.8) is 0 Å². The molecule has 1 unspecified atom stereocenters. The number of anilines is 1. The van der Waals surface area contributed by atoms with Crippen molar-refractivity contribution in [1.82, 2.24) is 10.3 Å². The molecular formula is C24H28FN3O3. The third-order valence-corrected chi connectivity index (χ3v) is 5.37. The number of amides is 1. The van der Waals surface area contributed by atoms with Crippen LogP contribution in [0.25, 0.3) is 10.8 Å². The number of carbonyl (C=O) groups excluding carboxylic acids is 1. The molecule has 0 aliphatic heterocycles. The monoisotopic (exact) mass is 425 g/mol. The lowest BCUT2D eigenvalue weighted by Gasteiger charge is -2.22. The van der Waals surface area contributed by atoms with E-state index in [1.54, 1.807) is 50.4 Å². The van der Waals surface area contributed by atoms with Gasteiger partial charge in [0.25, 0.3) is 5.91 Å². The number of pyridine rings is 1. The fourth-order valence-corrected chi connectivity index (χ4v) is 3.36. The summed E-state index contributed by atoms with van der Waals surface area (Å²) in [7, 11) is 0. The van der Waals surface area contributed by atoms with E-state index < -0.39 is 12.1 Å². The fraction of sp³-hybridized carbons (Fsp3) is 0.333. The van der Waals surface area contributed by atoms with Crippen LogP contribution in [0.5, 0.6) is 0 Å². The number of hydrogen-bond acceptors (Lipinski definition) is 5. The summed E-state index contributed by atoms with van der Waals surface area (Å²) < 4.78 is 14.0. The maximum atomic E-state index is 14.0. The molecule has 2 aromatic carbocycles. The van der Waals surface area contributed by atoms with Crippen molar-refractivity contribution < 1.29 is 19.4 Å². The molecule has 1 heterocycles. The second-order valence-electron chi connectivity index (χ2n) is 7.76. The number of rotatable bonds is 8. The van der Waals surface area contributed by atoms with Crippen LogP contribution in [0.1, 0.15) is 47.8 Å². The number of carbonyl (C=O) groups is 1. The normalized spacial score (nSPS) is 14.1. The number of nitrogens with zero attached hydrogens (tertiary/aromatic N) is 1. The Hall–Kier alpha value is -3.03. The van der Waals surface area contributed by atoms with E-state index in [-0.39, 0.29) is 24.4 Å². The second-order valence-corrected chi connectivity index (χ2v) is 7.76. The molecule has 0 saturated carbocycles. The Kier molecular flexibility index (Phi) is 7.20. The molecule has 1 amide bonds. The van der Waals surface area contributed by atoms with Crippen LogP contribution >= 0.6 is 0 Å². The van der Waals surface area contributed by atoms with Gasteiger partial charge in [0.2, 0.25) is 0 Å². The van der Waals surface area contributed by atoms with Gasteiger partial charge in [0.05, 0.1) is 24.8 Å². The number of benzene rings is 2. The van der Waals surface area contributed by atoms with Crippen molar-refractivity contribution in [2.45, 2.75) is 45.4 Å². The van der Waals surface area contributed by atoms with E-state index in [9.17, 15) is 19.4 Å². The van der Waals surface area contributed by atoms with Gasteiger partial charge in [0.15, 0.2) is 0 Å². The Morgan fingerprint density at radius 2 is 1.94 bits per heavy atom. The lowest BCUT2D eigenvalue weighted by atomic mass is 10.00. The molecule has 164 valence electrons. The Bertz CT molecular complexity index is 1070. The molecular weight excluding hydrogens is 397 g/mol. The predicted octanol–water partition coefficient (Wildman–Crippen LogP) is 3.72. The highest BCUT2D eigenvalue weighted by molar-refractivity contribution is 5.99. The summed E-state index contributed by atoms with van der Waals surface area (Å²) in [5.41, 5.74) is 1.41. The molecule has 0 aliphatic rings. The standard InChI is InChI=1S/C24H28FN3O3/c1-4-20(13-29)27-22-11-19-9-17(7-8-18(19)12-26-22)24(31)28-23(15(3)30)16-6-5-14(2)21(25)10-16/h5-12,15,20,23,29-30H,4,13H2,1-3H3,(H,26,27)(H,28,31)/t15?,20-,23+/m0/s1. The lowest BCUT2D eigenvalue weighted by molar-refractivity contribution is 0.0858. The van der Waals surface area contributed by atoms with Gasteiger partial charge in [-0.3, -0.25) is 4.79 Å². The number of fused-ring (bicyclic) bond motifs is 1. The molecule has 31 heavy (non-hydrogen) atoms. The molecule has 0 aliphatic carbocycles. The third-order valence-electron chi connectivity index (χ3n) is 5.37. The summed E-state index contributed by atoms with van der Waals surface area (Å²) in [6.45, 7) is 5.18. The van der Waals surface area contributed by atoms with Crippen LogP contribution in [-0.4, -0.2) is 39.9 Å². The minimum atomic E-state index is -0.907. The van der Waals surface area contributed by atoms with E-state index >= 15 is 0 Å². The van der Waals surface area contributed by atoms with E-state index in [1.807, 2.05) is 13.0 Å². The molecule has 3 atom stereocenters. The number of nitrogens with one attached hydrogen (secondary N) is 2. The number of hydrogen-bond donors (Lipinski definition) is 4. The van der Waals surface area contributed by atoms with Gasteiger partial charge in [-0.05, 0) is 61.0 Å². The van der Waals surface area contributed by atoms with Gasteiger partial charge >= 0.3 is 0 Å². The number of aliphatic hydroxyl groups excluding tert-OH is 2. The number of aryl methyl sites for hydroxylation is 1. The van der Waals surface area contributed by atoms with Crippen LogP contribution in [0, 0.1) is 12.7 Å². The van der Waals surface area contributed by atoms with Crippen molar-refractivity contribution in [3.8, 4) is 0 Å². The van der Waals surface area contributed by atoms with E-state index in [1.165, 1.54) is 6.07 Å². The van der Waals surface area contributed by atoms with Crippen LogP contribution < -0.4 is 10.6 Å². The van der Waals surface area contributed by atoms with Crippen molar-refractivity contribution in [1.29, 1.82) is 0 Å². The maximum absolute atomic E-state index is 14.0. The van der Waals surface area contributed by atoms with Crippen molar-refractivity contribution in [2.24, 2.45) is 0 Å². The van der Waals surface area contributed by atoms with Gasteiger partial charge in [-0.15, -0.1) is 0 Å². The van der Waals surface area contributed by atoms with Crippen molar-refractivity contribution in [3.05, 3.63) is 71.2 Å². The minimum Gasteiger partial charge on any atom is -0.394 e. The van der Waals surface area contributed by atoms with E-state index in [0.717, 1.165) is 17.2 Å². The third kappa shape index (κ3) is 5.37. The zero-order chi connectivity index (χ0) is 22.5. The first-order valence-electron chi connectivity index (χ1n) is 10.3. The average Bonchev–Trinajstić information content (AvgIpc) is 2.76. The molecule has 0 saturated heterocycles. The van der Waals surface area contributed by atoms with Crippen molar-refractivity contribution >= 4 is 22.5 Å². The topological polar surface area (TPSA) is 94.5 Å². The predicted molar refractivity (Wildman–Crippen MR) is 120 cm³/mol. The largest absolute Gasteiger partial charge is 0.394 e. The zero-order valence-electron chi connectivity index (χ0n) is 17.9. The van der Waals surface area contributed by atoms with Gasteiger partial charge < -0.3 is 20.8 Å². The number of aliphatic hydroxyl groups is 2. The molecule has 7 heteroatoms. The Morgan fingerprint density at radius 1 is 1.16 bits per heavy atom. The number of halogens is 1. The minimum absolute atomic E-state index is 0.000992. The van der Waals surface area contributed by atoms with Gasteiger partial charge in [-0.1, -0.05) is 25.1 Å². The molecule has 3 rings (SSSR count).